The maximum absolute atomic E-state index is 13.0. The van der Waals surface area contributed by atoms with E-state index in [2.05, 4.69) is 15.7 Å². The summed E-state index contributed by atoms with van der Waals surface area (Å²) >= 11 is 5.57. The van der Waals surface area contributed by atoms with Gasteiger partial charge in [0.25, 0.3) is 5.91 Å². The summed E-state index contributed by atoms with van der Waals surface area (Å²) in [6.45, 7) is 5.25. The van der Waals surface area contributed by atoms with Crippen molar-refractivity contribution in [1.82, 2.24) is 20.0 Å². The lowest BCUT2D eigenvalue weighted by Gasteiger charge is -2.25. The highest BCUT2D eigenvalue weighted by Crippen LogP contribution is 2.23. The Kier molecular flexibility index (Phi) is 7.03. The highest BCUT2D eigenvalue weighted by Gasteiger charge is 2.23. The van der Waals surface area contributed by atoms with Crippen LogP contribution in [-0.4, -0.2) is 44.8 Å². The van der Waals surface area contributed by atoms with Crippen molar-refractivity contribution in [3.05, 3.63) is 42.1 Å². The van der Waals surface area contributed by atoms with Crippen LogP contribution in [0.25, 0.3) is 5.69 Å². The number of hydrogen-bond acceptors (Lipinski definition) is 3. The second-order valence-electron chi connectivity index (χ2n) is 7.07. The Hall–Kier alpha value is -2.41. The van der Waals surface area contributed by atoms with E-state index in [1.807, 2.05) is 44.2 Å². The van der Waals surface area contributed by atoms with Gasteiger partial charge in [0.2, 0.25) is 0 Å². The van der Waals surface area contributed by atoms with E-state index in [-0.39, 0.29) is 5.91 Å². The van der Waals surface area contributed by atoms with E-state index in [0.717, 1.165) is 18.5 Å². The Morgan fingerprint density at radius 3 is 2.50 bits per heavy atom. The van der Waals surface area contributed by atoms with E-state index in [4.69, 9.17) is 12.2 Å². The lowest BCUT2D eigenvalue weighted by Crippen LogP contribution is -2.39. The van der Waals surface area contributed by atoms with Gasteiger partial charge in [0.15, 0.2) is 5.11 Å². The van der Waals surface area contributed by atoms with Crippen molar-refractivity contribution in [2.24, 2.45) is 0 Å². The van der Waals surface area contributed by atoms with Crippen molar-refractivity contribution in [2.45, 2.75) is 52.0 Å². The molecule has 6 nitrogen and oxygen atoms in total. The van der Waals surface area contributed by atoms with Gasteiger partial charge in [-0.2, -0.15) is 5.10 Å². The second kappa shape index (κ2) is 9.68. The van der Waals surface area contributed by atoms with E-state index in [1.54, 1.807) is 15.8 Å². The average molecular weight is 400 g/mol. The van der Waals surface area contributed by atoms with Gasteiger partial charge in [-0.15, -0.1) is 0 Å². The standard InChI is InChI=1S/C21H29N5OS/c1-3-25(4-2)20(27)18-15-22-26(17-13-9-6-10-14-17)19(18)24-21(28)23-16-11-7-5-8-12-16/h6,9-10,13-16H,3-5,7-8,11-12H2,1-2H3,(H2,23,24,28). The van der Waals surface area contributed by atoms with Crippen molar-refractivity contribution in [3.63, 3.8) is 0 Å². The molecule has 150 valence electrons. The van der Waals surface area contributed by atoms with E-state index in [0.29, 0.717) is 35.6 Å². The van der Waals surface area contributed by atoms with Crippen LogP contribution in [0.2, 0.25) is 0 Å². The van der Waals surface area contributed by atoms with Crippen LogP contribution in [0.3, 0.4) is 0 Å². The summed E-state index contributed by atoms with van der Waals surface area (Å²) in [5.41, 5.74) is 1.41. The summed E-state index contributed by atoms with van der Waals surface area (Å²) in [6, 6.07) is 10.2. The van der Waals surface area contributed by atoms with Crippen LogP contribution in [0, 0.1) is 0 Å². The molecule has 1 saturated carbocycles. The van der Waals surface area contributed by atoms with Gasteiger partial charge in [-0.25, -0.2) is 4.68 Å². The molecule has 7 heteroatoms. The van der Waals surface area contributed by atoms with Crippen LogP contribution in [-0.2, 0) is 0 Å². The largest absolute Gasteiger partial charge is 0.360 e. The monoisotopic (exact) mass is 399 g/mol. The maximum atomic E-state index is 13.0. The lowest BCUT2D eigenvalue weighted by atomic mass is 9.96. The zero-order chi connectivity index (χ0) is 19.9. The number of hydrogen-bond donors (Lipinski definition) is 2. The molecule has 1 fully saturated rings. The molecule has 1 aliphatic rings. The van der Waals surface area contributed by atoms with Crippen LogP contribution >= 0.6 is 12.2 Å². The van der Waals surface area contributed by atoms with Gasteiger partial charge in [0.05, 0.1) is 11.9 Å². The average Bonchev–Trinajstić information content (AvgIpc) is 3.13. The molecule has 0 unspecified atom stereocenters. The van der Waals surface area contributed by atoms with Gasteiger partial charge < -0.3 is 15.5 Å². The molecule has 2 aromatic rings. The van der Waals surface area contributed by atoms with Crippen LogP contribution < -0.4 is 10.6 Å². The SMILES string of the molecule is CCN(CC)C(=O)c1cnn(-c2ccccc2)c1NC(=S)NC1CCCCC1. The van der Waals surface area contributed by atoms with Crippen LogP contribution in [0.15, 0.2) is 36.5 Å². The van der Waals surface area contributed by atoms with Gasteiger partial charge in [-0.05, 0) is 51.0 Å². The summed E-state index contributed by atoms with van der Waals surface area (Å²) in [5.74, 6) is 0.562. The Bertz CT molecular complexity index is 794. The number of benzene rings is 1. The summed E-state index contributed by atoms with van der Waals surface area (Å²) in [5, 5.41) is 11.7. The molecule has 2 N–H and O–H groups in total. The van der Waals surface area contributed by atoms with Crippen molar-refractivity contribution in [2.75, 3.05) is 18.4 Å². The fraction of sp³-hybridized carbons (Fsp3) is 0.476. The minimum atomic E-state index is -0.0462. The van der Waals surface area contributed by atoms with Crippen molar-refractivity contribution >= 4 is 29.1 Å². The predicted octanol–water partition coefficient (Wildman–Crippen LogP) is 3.97. The Labute approximate surface area is 172 Å². The van der Waals surface area contributed by atoms with Crippen molar-refractivity contribution in [1.29, 1.82) is 0 Å². The molecule has 1 aromatic heterocycles. The number of nitrogens with zero attached hydrogens (tertiary/aromatic N) is 3. The van der Waals surface area contributed by atoms with Gasteiger partial charge in [0.1, 0.15) is 11.4 Å². The Morgan fingerprint density at radius 2 is 1.86 bits per heavy atom. The number of carbonyl (C=O) groups is 1. The number of para-hydroxylation sites is 1. The molecule has 0 aliphatic heterocycles. The summed E-state index contributed by atoms with van der Waals surface area (Å²) in [7, 11) is 0. The third-order valence-corrected chi connectivity index (χ3v) is 5.44. The van der Waals surface area contributed by atoms with Gasteiger partial charge in [-0.3, -0.25) is 4.79 Å². The molecule has 0 spiro atoms. The predicted molar refractivity (Wildman–Crippen MR) is 117 cm³/mol. The number of thiocarbonyl (C=S) groups is 1. The highest BCUT2D eigenvalue weighted by molar-refractivity contribution is 7.80. The smallest absolute Gasteiger partial charge is 0.259 e. The van der Waals surface area contributed by atoms with E-state index < -0.39 is 0 Å². The van der Waals surface area contributed by atoms with Gasteiger partial charge in [-0.1, -0.05) is 37.5 Å². The number of carbonyl (C=O) groups excluding carboxylic acids is 1. The quantitative estimate of drug-likeness (QED) is 0.720. The van der Waals surface area contributed by atoms with Crippen LogP contribution in [0.5, 0.6) is 0 Å². The molecular weight excluding hydrogens is 370 g/mol. The van der Waals surface area contributed by atoms with E-state index in [9.17, 15) is 4.79 Å². The minimum absolute atomic E-state index is 0.0462. The summed E-state index contributed by atoms with van der Waals surface area (Å²) < 4.78 is 1.74. The highest BCUT2D eigenvalue weighted by atomic mass is 32.1. The zero-order valence-electron chi connectivity index (χ0n) is 16.6. The first kappa shape index (κ1) is 20.3. The molecule has 3 rings (SSSR count). The Balaban J connectivity index is 1.88. The molecule has 1 amide bonds. The van der Waals surface area contributed by atoms with Crippen LogP contribution in [0.4, 0.5) is 5.82 Å². The summed E-state index contributed by atoms with van der Waals surface area (Å²) in [4.78, 5) is 14.8. The third-order valence-electron chi connectivity index (χ3n) is 5.22. The first-order chi connectivity index (χ1) is 13.6. The fourth-order valence-electron chi connectivity index (χ4n) is 3.65. The molecule has 0 saturated heterocycles. The third kappa shape index (κ3) is 4.70. The Morgan fingerprint density at radius 1 is 1.18 bits per heavy atom. The number of amides is 1. The molecule has 1 heterocycles. The molecular formula is C21H29N5OS. The number of nitrogens with one attached hydrogen (secondary N) is 2. The van der Waals surface area contributed by atoms with Crippen LogP contribution in [0.1, 0.15) is 56.3 Å². The molecule has 28 heavy (non-hydrogen) atoms. The number of anilines is 1. The lowest BCUT2D eigenvalue weighted by molar-refractivity contribution is 0.0774. The first-order valence-electron chi connectivity index (χ1n) is 10.1. The minimum Gasteiger partial charge on any atom is -0.360 e. The van der Waals surface area contributed by atoms with Crippen molar-refractivity contribution < 1.29 is 4.79 Å². The maximum Gasteiger partial charge on any atom is 0.259 e. The topological polar surface area (TPSA) is 62.2 Å². The molecule has 1 aromatic carbocycles. The van der Waals surface area contributed by atoms with E-state index in [1.165, 1.54) is 19.3 Å². The zero-order valence-corrected chi connectivity index (χ0v) is 17.5. The molecule has 0 atom stereocenters. The summed E-state index contributed by atoms with van der Waals surface area (Å²) in [6.07, 6.45) is 7.64. The molecule has 0 bridgehead atoms. The second-order valence-corrected chi connectivity index (χ2v) is 7.47. The molecule has 1 aliphatic carbocycles. The van der Waals surface area contributed by atoms with E-state index >= 15 is 0 Å². The number of aromatic nitrogens is 2. The van der Waals surface area contributed by atoms with Crippen molar-refractivity contribution in [3.8, 4) is 5.69 Å². The fourth-order valence-corrected chi connectivity index (χ4v) is 3.91. The normalized spacial score (nSPS) is 14.5. The van der Waals surface area contributed by atoms with Gasteiger partial charge >= 0.3 is 0 Å². The molecule has 0 radical (unpaired) electrons. The van der Waals surface area contributed by atoms with Gasteiger partial charge in [0, 0.05) is 19.1 Å². The first-order valence-corrected chi connectivity index (χ1v) is 10.5. The number of rotatable bonds is 6.